The summed E-state index contributed by atoms with van der Waals surface area (Å²) in [6, 6.07) is 7.35. The van der Waals surface area contributed by atoms with Gasteiger partial charge in [0.1, 0.15) is 12.6 Å². The van der Waals surface area contributed by atoms with E-state index in [-0.39, 0.29) is 18.4 Å². The second-order valence-electron chi connectivity index (χ2n) is 4.67. The lowest BCUT2D eigenvalue weighted by atomic mass is 10.2. The van der Waals surface area contributed by atoms with E-state index < -0.39 is 6.04 Å². The monoisotopic (exact) mass is 262 g/mol. The zero-order chi connectivity index (χ0) is 13.8. The molecule has 5 nitrogen and oxygen atoms in total. The molecule has 1 heterocycles. The van der Waals surface area contributed by atoms with E-state index in [4.69, 9.17) is 4.74 Å². The summed E-state index contributed by atoms with van der Waals surface area (Å²) in [5.74, 6) is -0.320. The summed E-state index contributed by atoms with van der Waals surface area (Å²) in [5.41, 5.74) is 2.03. The van der Waals surface area contributed by atoms with Crippen molar-refractivity contribution in [3.05, 3.63) is 29.8 Å². The molecular weight excluding hydrogens is 244 g/mol. The third-order valence-electron chi connectivity index (χ3n) is 3.16. The average molecular weight is 262 g/mol. The molecule has 1 aliphatic rings. The van der Waals surface area contributed by atoms with Crippen molar-refractivity contribution in [2.75, 3.05) is 25.2 Å². The number of hydrogen-bond donors (Lipinski definition) is 1. The Balaban J connectivity index is 2.01. The Bertz CT molecular complexity index is 470. The number of rotatable bonds is 4. The summed E-state index contributed by atoms with van der Waals surface area (Å²) in [6.45, 7) is 2.61. The minimum atomic E-state index is -0.441. The fraction of sp³-hybridized carbons (Fsp3) is 0.429. The van der Waals surface area contributed by atoms with Crippen molar-refractivity contribution in [1.82, 2.24) is 5.32 Å². The van der Waals surface area contributed by atoms with E-state index in [1.165, 1.54) is 7.11 Å². The normalized spacial score (nSPS) is 18.7. The zero-order valence-corrected chi connectivity index (χ0v) is 11.2. The third-order valence-corrected chi connectivity index (χ3v) is 3.16. The van der Waals surface area contributed by atoms with Gasteiger partial charge >= 0.3 is 0 Å². The molecule has 1 N–H and O–H groups in total. The lowest BCUT2D eigenvalue weighted by Crippen LogP contribution is -2.42. The van der Waals surface area contributed by atoms with Gasteiger partial charge in [0.2, 0.25) is 11.8 Å². The number of carbonyl (C=O) groups excluding carboxylic acids is 2. The maximum Gasteiger partial charge on any atom is 0.249 e. The Kier molecular flexibility index (Phi) is 4.16. The molecule has 0 aliphatic carbocycles. The van der Waals surface area contributed by atoms with Crippen LogP contribution in [0.3, 0.4) is 0 Å². The molecule has 0 unspecified atom stereocenters. The highest BCUT2D eigenvalue weighted by Gasteiger charge is 2.33. The van der Waals surface area contributed by atoms with Crippen molar-refractivity contribution in [1.29, 1.82) is 0 Å². The third kappa shape index (κ3) is 3.12. The molecule has 1 saturated heterocycles. The number of aryl methyl sites for hydroxylation is 1. The number of carbonyl (C=O) groups is 2. The molecule has 5 heteroatoms. The molecule has 1 atom stereocenters. The number of methoxy groups -OCH3 is 1. The van der Waals surface area contributed by atoms with E-state index in [1.54, 1.807) is 4.90 Å². The Morgan fingerprint density at radius 2 is 2.11 bits per heavy atom. The minimum absolute atomic E-state index is 0.0195. The zero-order valence-electron chi connectivity index (χ0n) is 11.2. The van der Waals surface area contributed by atoms with Crippen LogP contribution in [0, 0.1) is 6.92 Å². The number of hydrogen-bond acceptors (Lipinski definition) is 3. The van der Waals surface area contributed by atoms with E-state index in [1.807, 2.05) is 31.2 Å². The second-order valence-corrected chi connectivity index (χ2v) is 4.67. The summed E-state index contributed by atoms with van der Waals surface area (Å²) in [4.78, 5) is 25.3. The number of anilines is 1. The van der Waals surface area contributed by atoms with Gasteiger partial charge in [-0.05, 0) is 25.5 Å². The molecule has 0 bridgehead atoms. The standard InChI is InChI=1S/C14H18N2O3/c1-10-3-5-11(6-4-10)16-8-7-12(14(16)18)15-13(17)9-19-2/h3-6,12H,7-9H2,1-2H3,(H,15,17)/t12-/m1/s1. The topological polar surface area (TPSA) is 58.6 Å². The highest BCUT2D eigenvalue weighted by atomic mass is 16.5. The summed E-state index contributed by atoms with van der Waals surface area (Å²) >= 11 is 0. The smallest absolute Gasteiger partial charge is 0.249 e. The predicted octanol–water partition coefficient (Wildman–Crippen LogP) is 0.863. The predicted molar refractivity (Wildman–Crippen MR) is 72.0 cm³/mol. The van der Waals surface area contributed by atoms with Crippen LogP contribution in [0.1, 0.15) is 12.0 Å². The molecule has 1 aromatic rings. The van der Waals surface area contributed by atoms with Crippen LogP contribution in [0.4, 0.5) is 5.69 Å². The van der Waals surface area contributed by atoms with E-state index in [0.29, 0.717) is 13.0 Å². The Morgan fingerprint density at radius 1 is 1.42 bits per heavy atom. The van der Waals surface area contributed by atoms with Gasteiger partial charge in [-0.3, -0.25) is 9.59 Å². The van der Waals surface area contributed by atoms with Crippen LogP contribution in [0.25, 0.3) is 0 Å². The van der Waals surface area contributed by atoms with Gasteiger partial charge in [0, 0.05) is 19.3 Å². The fourth-order valence-electron chi connectivity index (χ4n) is 2.16. The summed E-state index contributed by atoms with van der Waals surface area (Å²) in [6.07, 6.45) is 0.627. The number of ether oxygens (including phenoxy) is 1. The van der Waals surface area contributed by atoms with Crippen molar-refractivity contribution in [3.63, 3.8) is 0 Å². The summed E-state index contributed by atoms with van der Waals surface area (Å²) < 4.78 is 4.74. The molecule has 102 valence electrons. The van der Waals surface area contributed by atoms with E-state index in [0.717, 1.165) is 11.3 Å². The molecule has 19 heavy (non-hydrogen) atoms. The fourth-order valence-corrected chi connectivity index (χ4v) is 2.16. The quantitative estimate of drug-likeness (QED) is 0.875. The first-order chi connectivity index (χ1) is 9.11. The van der Waals surface area contributed by atoms with Crippen LogP contribution in [-0.2, 0) is 14.3 Å². The molecule has 0 saturated carbocycles. The molecule has 0 spiro atoms. The van der Waals surface area contributed by atoms with Crippen LogP contribution < -0.4 is 10.2 Å². The van der Waals surface area contributed by atoms with Crippen molar-refractivity contribution >= 4 is 17.5 Å². The van der Waals surface area contributed by atoms with Crippen LogP contribution in [0.15, 0.2) is 24.3 Å². The first-order valence-electron chi connectivity index (χ1n) is 6.28. The first-order valence-corrected chi connectivity index (χ1v) is 6.28. The second kappa shape index (κ2) is 5.84. The van der Waals surface area contributed by atoms with Crippen LogP contribution in [0.2, 0.25) is 0 Å². The summed E-state index contributed by atoms with van der Waals surface area (Å²) in [5, 5.41) is 2.69. The highest BCUT2D eigenvalue weighted by Crippen LogP contribution is 2.21. The first kappa shape index (κ1) is 13.5. The Morgan fingerprint density at radius 3 is 2.74 bits per heavy atom. The number of nitrogens with zero attached hydrogens (tertiary/aromatic N) is 1. The van der Waals surface area contributed by atoms with Crippen LogP contribution in [0.5, 0.6) is 0 Å². The van der Waals surface area contributed by atoms with Gasteiger partial charge in [0.15, 0.2) is 0 Å². The lowest BCUT2D eigenvalue weighted by molar-refractivity contribution is -0.128. The summed E-state index contributed by atoms with van der Waals surface area (Å²) in [7, 11) is 1.45. The van der Waals surface area contributed by atoms with E-state index in [2.05, 4.69) is 5.32 Å². The highest BCUT2D eigenvalue weighted by molar-refractivity contribution is 6.01. The largest absolute Gasteiger partial charge is 0.375 e. The molecule has 2 amide bonds. The van der Waals surface area contributed by atoms with E-state index >= 15 is 0 Å². The Hall–Kier alpha value is -1.88. The van der Waals surface area contributed by atoms with Crippen molar-refractivity contribution < 1.29 is 14.3 Å². The van der Waals surface area contributed by atoms with Gasteiger partial charge in [-0.1, -0.05) is 17.7 Å². The van der Waals surface area contributed by atoms with Crippen molar-refractivity contribution in [2.24, 2.45) is 0 Å². The number of benzene rings is 1. The molecule has 0 aromatic heterocycles. The molecular formula is C14H18N2O3. The Labute approximate surface area is 112 Å². The molecule has 1 aliphatic heterocycles. The molecule has 0 radical (unpaired) electrons. The maximum atomic E-state index is 12.2. The van der Waals surface area contributed by atoms with Crippen LogP contribution in [-0.4, -0.2) is 38.1 Å². The van der Waals surface area contributed by atoms with Crippen LogP contribution >= 0.6 is 0 Å². The number of amides is 2. The maximum absolute atomic E-state index is 12.2. The van der Waals surface area contributed by atoms with Gasteiger partial charge in [0.25, 0.3) is 0 Å². The van der Waals surface area contributed by atoms with Gasteiger partial charge in [0.05, 0.1) is 0 Å². The lowest BCUT2D eigenvalue weighted by Gasteiger charge is -2.17. The molecule has 1 aromatic carbocycles. The van der Waals surface area contributed by atoms with Crippen molar-refractivity contribution in [2.45, 2.75) is 19.4 Å². The molecule has 2 rings (SSSR count). The van der Waals surface area contributed by atoms with Crippen molar-refractivity contribution in [3.8, 4) is 0 Å². The van der Waals surface area contributed by atoms with Gasteiger partial charge in [-0.25, -0.2) is 0 Å². The molecule has 1 fully saturated rings. The van der Waals surface area contributed by atoms with Gasteiger partial charge < -0.3 is 15.0 Å². The van der Waals surface area contributed by atoms with Gasteiger partial charge in [-0.2, -0.15) is 0 Å². The minimum Gasteiger partial charge on any atom is -0.375 e. The van der Waals surface area contributed by atoms with E-state index in [9.17, 15) is 9.59 Å². The number of nitrogens with one attached hydrogen (secondary N) is 1. The SMILES string of the molecule is COCC(=O)N[C@@H]1CCN(c2ccc(C)cc2)C1=O. The van der Waals surface area contributed by atoms with Gasteiger partial charge in [-0.15, -0.1) is 0 Å². The average Bonchev–Trinajstić information content (AvgIpc) is 2.73.